The summed E-state index contributed by atoms with van der Waals surface area (Å²) in [7, 11) is -3.38. The van der Waals surface area contributed by atoms with Gasteiger partial charge < -0.3 is 4.74 Å². The molecule has 5 heteroatoms. The van der Waals surface area contributed by atoms with Crippen LogP contribution in [0.3, 0.4) is 0 Å². The topological polar surface area (TPSA) is 46.6 Å². The summed E-state index contributed by atoms with van der Waals surface area (Å²) in [5.41, 5.74) is 2.12. The molecule has 1 aromatic carbocycles. The first-order valence-corrected chi connectivity index (χ1v) is 8.97. The third kappa shape index (κ3) is 3.84. The predicted octanol–water partition coefficient (Wildman–Crippen LogP) is 2.88. The van der Waals surface area contributed by atoms with Crippen LogP contribution in [0.15, 0.2) is 23.1 Å². The van der Waals surface area contributed by atoms with Gasteiger partial charge >= 0.3 is 0 Å². The molecule has 21 heavy (non-hydrogen) atoms. The van der Waals surface area contributed by atoms with Gasteiger partial charge in [0.2, 0.25) is 10.0 Å². The van der Waals surface area contributed by atoms with Crippen LogP contribution in [0, 0.1) is 13.8 Å². The highest BCUT2D eigenvalue weighted by atomic mass is 32.2. The lowest BCUT2D eigenvalue weighted by molar-refractivity contribution is -0.0168. The minimum atomic E-state index is -3.38. The molecule has 0 atom stereocenters. The summed E-state index contributed by atoms with van der Waals surface area (Å²) in [6.45, 7) is 9.02. The molecule has 0 radical (unpaired) electrons. The zero-order chi connectivity index (χ0) is 15.6. The molecule has 0 amide bonds. The van der Waals surface area contributed by atoms with E-state index in [0.717, 1.165) is 24.0 Å². The van der Waals surface area contributed by atoms with Crippen LogP contribution < -0.4 is 0 Å². The number of sulfonamides is 1. The first-order chi connectivity index (χ1) is 9.80. The molecule has 0 bridgehead atoms. The molecule has 4 nitrogen and oxygen atoms in total. The maximum atomic E-state index is 12.7. The van der Waals surface area contributed by atoms with Gasteiger partial charge in [0, 0.05) is 13.1 Å². The third-order valence-electron chi connectivity index (χ3n) is 3.98. The molecule has 1 aromatic rings. The smallest absolute Gasteiger partial charge is 0.243 e. The number of benzene rings is 1. The molecule has 118 valence electrons. The maximum Gasteiger partial charge on any atom is 0.243 e. The largest absolute Gasteiger partial charge is 0.375 e. The van der Waals surface area contributed by atoms with Crippen LogP contribution >= 0.6 is 0 Å². The molecule has 1 aliphatic rings. The number of piperidine rings is 1. The molecule has 1 fully saturated rings. The van der Waals surface area contributed by atoms with Crippen molar-refractivity contribution in [3.63, 3.8) is 0 Å². The second kappa shape index (κ2) is 6.46. The Labute approximate surface area is 128 Å². The maximum absolute atomic E-state index is 12.7. The molecule has 1 heterocycles. The van der Waals surface area contributed by atoms with Crippen LogP contribution in [-0.2, 0) is 14.8 Å². The summed E-state index contributed by atoms with van der Waals surface area (Å²) in [6, 6.07) is 5.34. The van der Waals surface area contributed by atoms with Crippen LogP contribution in [0.2, 0.25) is 0 Å². The van der Waals surface area contributed by atoms with E-state index in [4.69, 9.17) is 4.74 Å². The van der Waals surface area contributed by atoms with Gasteiger partial charge in [-0.1, -0.05) is 6.07 Å². The molecule has 0 aliphatic carbocycles. The normalized spacial score (nSPS) is 18.3. The predicted molar refractivity (Wildman–Crippen MR) is 83.9 cm³/mol. The molecule has 0 unspecified atom stereocenters. The number of ether oxygens (including phenoxy) is 1. The van der Waals surface area contributed by atoms with Gasteiger partial charge in [-0.15, -0.1) is 0 Å². The van der Waals surface area contributed by atoms with Crippen molar-refractivity contribution in [3.05, 3.63) is 29.3 Å². The van der Waals surface area contributed by atoms with Crippen molar-refractivity contribution in [2.24, 2.45) is 0 Å². The van der Waals surface area contributed by atoms with Gasteiger partial charge in [0.15, 0.2) is 0 Å². The molecule has 2 rings (SSSR count). The molecule has 0 saturated carbocycles. The van der Waals surface area contributed by atoms with E-state index in [9.17, 15) is 8.42 Å². The Bertz CT molecular complexity index is 588. The minimum Gasteiger partial charge on any atom is -0.375 e. The average Bonchev–Trinajstić information content (AvgIpc) is 2.41. The Morgan fingerprint density at radius 1 is 1.14 bits per heavy atom. The summed E-state index contributed by atoms with van der Waals surface area (Å²) in [5, 5.41) is 0. The highest BCUT2D eigenvalue weighted by molar-refractivity contribution is 7.89. The van der Waals surface area contributed by atoms with Gasteiger partial charge in [0.05, 0.1) is 17.1 Å². The first kappa shape index (κ1) is 16.5. The number of aryl methyl sites for hydroxylation is 2. The molecular weight excluding hydrogens is 286 g/mol. The Kier molecular flexibility index (Phi) is 5.07. The van der Waals surface area contributed by atoms with Gasteiger partial charge in [-0.2, -0.15) is 4.31 Å². The summed E-state index contributed by atoms with van der Waals surface area (Å²) in [6.07, 6.45) is 1.90. The van der Waals surface area contributed by atoms with E-state index in [0.29, 0.717) is 18.0 Å². The van der Waals surface area contributed by atoms with Gasteiger partial charge in [-0.25, -0.2) is 8.42 Å². The van der Waals surface area contributed by atoms with Crippen molar-refractivity contribution >= 4 is 10.0 Å². The Balaban J connectivity index is 2.09. The monoisotopic (exact) mass is 311 g/mol. The van der Waals surface area contributed by atoms with E-state index in [1.54, 1.807) is 16.4 Å². The lowest BCUT2D eigenvalue weighted by Gasteiger charge is -2.32. The van der Waals surface area contributed by atoms with E-state index in [2.05, 4.69) is 0 Å². The molecule has 0 N–H and O–H groups in total. The van der Waals surface area contributed by atoms with Gasteiger partial charge in [-0.05, 0) is 63.8 Å². The van der Waals surface area contributed by atoms with Crippen LogP contribution in [0.25, 0.3) is 0 Å². The molecule has 0 aromatic heterocycles. The lowest BCUT2D eigenvalue weighted by atomic mass is 10.1. The average molecular weight is 311 g/mol. The molecular formula is C16H25NO3S. The number of hydrogen-bond donors (Lipinski definition) is 0. The van der Waals surface area contributed by atoms with Gasteiger partial charge in [0.25, 0.3) is 0 Å². The number of hydrogen-bond acceptors (Lipinski definition) is 3. The summed E-state index contributed by atoms with van der Waals surface area (Å²) in [4.78, 5) is 0.397. The lowest BCUT2D eigenvalue weighted by Crippen LogP contribution is -2.41. The van der Waals surface area contributed by atoms with Gasteiger partial charge in [0.1, 0.15) is 0 Å². The second-order valence-electron chi connectivity index (χ2n) is 6.03. The number of rotatable bonds is 4. The minimum absolute atomic E-state index is 0.177. The van der Waals surface area contributed by atoms with Crippen LogP contribution in [0.1, 0.15) is 37.8 Å². The van der Waals surface area contributed by atoms with Crippen molar-refractivity contribution in [2.45, 2.75) is 57.6 Å². The standard InChI is InChI=1S/C16H25NO3S/c1-12(2)20-15-7-9-17(10-8-15)21(18,19)16-6-5-13(3)14(4)11-16/h5-6,11-12,15H,7-10H2,1-4H3. The highest BCUT2D eigenvalue weighted by Crippen LogP contribution is 2.24. The van der Waals surface area contributed by atoms with Crippen molar-refractivity contribution in [1.29, 1.82) is 0 Å². The van der Waals surface area contributed by atoms with Crippen molar-refractivity contribution in [1.82, 2.24) is 4.31 Å². The summed E-state index contributed by atoms with van der Waals surface area (Å²) in [5.74, 6) is 0. The van der Waals surface area contributed by atoms with Crippen LogP contribution in [-0.4, -0.2) is 38.0 Å². The first-order valence-electron chi connectivity index (χ1n) is 7.53. The Morgan fingerprint density at radius 3 is 2.29 bits per heavy atom. The van der Waals surface area contributed by atoms with E-state index in [1.165, 1.54) is 0 Å². The van der Waals surface area contributed by atoms with E-state index in [-0.39, 0.29) is 12.2 Å². The molecule has 1 saturated heterocycles. The third-order valence-corrected chi connectivity index (χ3v) is 5.88. The number of nitrogens with zero attached hydrogens (tertiary/aromatic N) is 1. The summed E-state index contributed by atoms with van der Waals surface area (Å²) >= 11 is 0. The zero-order valence-corrected chi connectivity index (χ0v) is 14.1. The quantitative estimate of drug-likeness (QED) is 0.859. The Hall–Kier alpha value is -0.910. The van der Waals surface area contributed by atoms with Crippen molar-refractivity contribution in [3.8, 4) is 0 Å². The van der Waals surface area contributed by atoms with Crippen molar-refractivity contribution in [2.75, 3.05) is 13.1 Å². The fraction of sp³-hybridized carbons (Fsp3) is 0.625. The molecule has 1 aliphatic heterocycles. The zero-order valence-electron chi connectivity index (χ0n) is 13.3. The second-order valence-corrected chi connectivity index (χ2v) is 7.97. The fourth-order valence-corrected chi connectivity index (χ4v) is 4.17. The van der Waals surface area contributed by atoms with E-state index in [1.807, 2.05) is 33.8 Å². The SMILES string of the molecule is Cc1ccc(S(=O)(=O)N2CCC(OC(C)C)CC2)cc1C. The van der Waals surface area contributed by atoms with Crippen LogP contribution in [0.4, 0.5) is 0 Å². The highest BCUT2D eigenvalue weighted by Gasteiger charge is 2.30. The summed E-state index contributed by atoms with van der Waals surface area (Å²) < 4.78 is 32.7. The molecule has 0 spiro atoms. The Morgan fingerprint density at radius 2 is 1.76 bits per heavy atom. The van der Waals surface area contributed by atoms with E-state index >= 15 is 0 Å². The van der Waals surface area contributed by atoms with Crippen molar-refractivity contribution < 1.29 is 13.2 Å². The van der Waals surface area contributed by atoms with E-state index < -0.39 is 10.0 Å². The van der Waals surface area contributed by atoms with Gasteiger partial charge in [-0.3, -0.25) is 0 Å². The van der Waals surface area contributed by atoms with Crippen LogP contribution in [0.5, 0.6) is 0 Å². The fourth-order valence-electron chi connectivity index (χ4n) is 2.62.